The van der Waals surface area contributed by atoms with Crippen molar-refractivity contribution >= 4 is 64.1 Å². The average molecular weight is 1040 g/mol. The minimum absolute atomic E-state index is 0.0215. The van der Waals surface area contributed by atoms with E-state index in [4.69, 9.17) is 22.6 Å². The van der Waals surface area contributed by atoms with E-state index in [0.717, 1.165) is 22.0 Å². The molecule has 75 heavy (non-hydrogen) atoms. The van der Waals surface area contributed by atoms with E-state index in [1.807, 2.05) is 60.7 Å². The van der Waals surface area contributed by atoms with Crippen LogP contribution in [0, 0.1) is 17.2 Å². The van der Waals surface area contributed by atoms with Gasteiger partial charge in [0.05, 0.1) is 6.54 Å². The van der Waals surface area contributed by atoms with Gasteiger partial charge in [0.15, 0.2) is 5.96 Å². The van der Waals surface area contributed by atoms with Crippen LogP contribution in [-0.4, -0.2) is 131 Å². The van der Waals surface area contributed by atoms with Crippen LogP contribution >= 0.6 is 0 Å². The second kappa shape index (κ2) is 29.1. The predicted octanol–water partition coefficient (Wildman–Crippen LogP) is 0.292. The zero-order valence-corrected chi connectivity index (χ0v) is 43.0. The maximum absolute atomic E-state index is 14.6. The number of carbonyl (C=O) groups excluding carboxylic acids is 8. The summed E-state index contributed by atoms with van der Waals surface area (Å²) in [4.78, 5) is 119. The lowest BCUT2D eigenvalue weighted by Gasteiger charge is -2.30. The number of hydrogen-bond acceptors (Lipinski definition) is 11. The van der Waals surface area contributed by atoms with Gasteiger partial charge in [-0.2, -0.15) is 0 Å². The fourth-order valence-corrected chi connectivity index (χ4v) is 9.02. The zero-order valence-electron chi connectivity index (χ0n) is 43.0. The molecule has 0 spiro atoms. The number of primary amides is 1. The molecule has 0 unspecified atom stereocenters. The number of amides is 8. The second-order valence-electron chi connectivity index (χ2n) is 19.3. The van der Waals surface area contributed by atoms with Gasteiger partial charge in [0.25, 0.3) is 0 Å². The van der Waals surface area contributed by atoms with E-state index in [9.17, 15) is 38.4 Å². The summed E-state index contributed by atoms with van der Waals surface area (Å²) in [6.45, 7) is 5.37. The predicted molar refractivity (Wildman–Crippen MR) is 283 cm³/mol. The molecule has 2 aromatic carbocycles. The number of rotatable bonds is 29. The normalized spacial score (nSPS) is 15.6. The molecule has 5 rings (SSSR count). The first-order chi connectivity index (χ1) is 35.9. The third-order valence-electron chi connectivity index (χ3n) is 13.1. The molecule has 0 bridgehead atoms. The highest BCUT2D eigenvalue weighted by Gasteiger charge is 2.39. The SMILES string of the molecule is CC(C)[C@H](NC(=O)[C@@H]1CCCN1C(=O)[C@H](CCCCN)NC(=O)CNC(=O)[C@H](Cc1c[nH]c2ccccc12)NC(=O)[C@H](CCCNC(=N)N)NC(=O)[C@@H](Cc1ccccc1)NC(=O)[C@@H](C)Cc1cccnc1)C(N)=O. The summed E-state index contributed by atoms with van der Waals surface area (Å²) >= 11 is 0. The van der Waals surface area contributed by atoms with E-state index >= 15 is 0 Å². The van der Waals surface area contributed by atoms with Crippen molar-refractivity contribution in [3.63, 3.8) is 0 Å². The number of unbranched alkanes of at least 4 members (excludes halogenated alkanes) is 1. The second-order valence-corrected chi connectivity index (χ2v) is 19.3. The summed E-state index contributed by atoms with van der Waals surface area (Å²) in [5.41, 5.74) is 19.9. The van der Waals surface area contributed by atoms with Gasteiger partial charge in [-0.15, -0.1) is 0 Å². The van der Waals surface area contributed by atoms with Gasteiger partial charge in [-0.05, 0) is 92.7 Å². The Morgan fingerprint density at radius 3 is 2.08 bits per heavy atom. The summed E-state index contributed by atoms with van der Waals surface area (Å²) in [5, 5.41) is 27.7. The van der Waals surface area contributed by atoms with Crippen LogP contribution in [-0.2, 0) is 57.6 Å². The maximum Gasteiger partial charge on any atom is 0.245 e. The van der Waals surface area contributed by atoms with Crippen molar-refractivity contribution < 1.29 is 38.4 Å². The van der Waals surface area contributed by atoms with Crippen LogP contribution in [0.2, 0.25) is 0 Å². The number of nitrogens with zero attached hydrogens (tertiary/aromatic N) is 2. The minimum Gasteiger partial charge on any atom is -0.370 e. The fourth-order valence-electron chi connectivity index (χ4n) is 9.02. The Balaban J connectivity index is 1.35. The first-order valence-electron chi connectivity index (χ1n) is 25.6. The highest BCUT2D eigenvalue weighted by molar-refractivity contribution is 5.97. The molecule has 1 fully saturated rings. The number of likely N-dealkylation sites (tertiary alicyclic amines) is 1. The number of H-pyrrole nitrogens is 1. The standard InChI is InChI=1S/C53H74N14O8/c1-32(2)45(46(55)69)66-51(74)43-21-13-25-67(43)52(75)40(19-9-10-22-54)62-44(68)31-61-48(71)42(28-36-30-60-38-18-8-7-17-37(36)38)65-49(72)39(20-12-24-59-53(56)57)63-50(73)41(27-34-14-5-4-6-15-34)64-47(70)33(3)26-35-16-11-23-58-29-35/h4-8,11,14-18,23,29-30,32-33,39-43,45,60H,9-10,12-13,19-22,24-28,31,54H2,1-3H3,(H2,55,69)(H,61,71)(H,62,68)(H,63,73)(H,64,70)(H,65,72)(H,66,74)(H4,56,57,59)/t33-,39-,40-,41+,42-,43-,45-/m0/s1. The average Bonchev–Trinajstić information content (AvgIpc) is 4.05. The molecule has 7 atom stereocenters. The number of carbonyl (C=O) groups is 8. The molecule has 404 valence electrons. The Kier molecular flexibility index (Phi) is 22.5. The minimum atomic E-state index is -1.31. The number of hydrogen-bond donors (Lipinski definition) is 12. The van der Waals surface area contributed by atoms with Gasteiger partial charge in [-0.1, -0.05) is 75.4 Å². The van der Waals surface area contributed by atoms with Gasteiger partial charge in [-0.3, -0.25) is 48.7 Å². The van der Waals surface area contributed by atoms with Crippen LogP contribution in [0.25, 0.3) is 10.9 Å². The number of pyridine rings is 1. The number of nitrogens with two attached hydrogens (primary N) is 3. The number of aromatic nitrogens is 2. The van der Waals surface area contributed by atoms with Gasteiger partial charge < -0.3 is 64.3 Å². The molecule has 22 heteroatoms. The van der Waals surface area contributed by atoms with Crippen molar-refractivity contribution in [1.29, 1.82) is 5.41 Å². The van der Waals surface area contributed by atoms with Gasteiger partial charge in [0.2, 0.25) is 47.3 Å². The van der Waals surface area contributed by atoms with Crippen LogP contribution in [0.4, 0.5) is 0 Å². The Bertz CT molecular complexity index is 2580. The molecule has 22 nitrogen and oxygen atoms in total. The lowest BCUT2D eigenvalue weighted by Crippen LogP contribution is -2.58. The molecule has 8 amide bonds. The van der Waals surface area contributed by atoms with E-state index in [2.05, 4.69) is 47.2 Å². The molecular formula is C53H74N14O8. The summed E-state index contributed by atoms with van der Waals surface area (Å²) < 4.78 is 0. The number of nitrogens with one attached hydrogen (secondary N) is 9. The lowest BCUT2D eigenvalue weighted by atomic mass is 9.99. The fraction of sp³-hybridized carbons (Fsp3) is 0.472. The number of benzene rings is 2. The van der Waals surface area contributed by atoms with Crippen molar-refractivity contribution in [3.05, 3.63) is 102 Å². The zero-order chi connectivity index (χ0) is 54.4. The highest BCUT2D eigenvalue weighted by atomic mass is 16.2. The number of aromatic amines is 1. The molecule has 0 radical (unpaired) electrons. The molecule has 0 aliphatic carbocycles. The van der Waals surface area contributed by atoms with E-state index in [1.165, 1.54) is 4.90 Å². The molecular weight excluding hydrogens is 961 g/mol. The number of guanidine groups is 1. The molecule has 15 N–H and O–H groups in total. The molecule has 1 aliphatic heterocycles. The van der Waals surface area contributed by atoms with Crippen LogP contribution < -0.4 is 54.4 Å². The van der Waals surface area contributed by atoms with Gasteiger partial charge in [0, 0.05) is 61.3 Å². The molecule has 1 saturated heterocycles. The Labute approximate surface area is 437 Å². The first kappa shape index (κ1) is 58.0. The molecule has 3 heterocycles. The van der Waals surface area contributed by atoms with Crippen LogP contribution in [0.3, 0.4) is 0 Å². The van der Waals surface area contributed by atoms with Gasteiger partial charge >= 0.3 is 0 Å². The van der Waals surface area contributed by atoms with Crippen molar-refractivity contribution in [2.45, 2.75) is 121 Å². The van der Waals surface area contributed by atoms with Crippen molar-refractivity contribution in [3.8, 4) is 0 Å². The van der Waals surface area contributed by atoms with E-state index < -0.39 is 96.0 Å². The summed E-state index contributed by atoms with van der Waals surface area (Å²) in [5.74, 6) is -6.13. The van der Waals surface area contributed by atoms with Gasteiger partial charge in [-0.25, -0.2) is 0 Å². The van der Waals surface area contributed by atoms with Crippen LogP contribution in [0.15, 0.2) is 85.3 Å². The highest BCUT2D eigenvalue weighted by Crippen LogP contribution is 2.22. The van der Waals surface area contributed by atoms with Crippen molar-refractivity contribution in [2.24, 2.45) is 29.0 Å². The van der Waals surface area contributed by atoms with Gasteiger partial charge in [0.1, 0.15) is 36.3 Å². The van der Waals surface area contributed by atoms with Crippen LogP contribution in [0.5, 0.6) is 0 Å². The third-order valence-corrected chi connectivity index (χ3v) is 13.1. The molecule has 2 aromatic heterocycles. The van der Waals surface area contributed by atoms with Crippen molar-refractivity contribution in [2.75, 3.05) is 26.2 Å². The molecule has 0 saturated carbocycles. The van der Waals surface area contributed by atoms with E-state index in [0.29, 0.717) is 44.2 Å². The Hall–Kier alpha value is -7.88. The Morgan fingerprint density at radius 2 is 1.39 bits per heavy atom. The number of fused-ring (bicyclic) bond motifs is 1. The third kappa shape index (κ3) is 17.9. The summed E-state index contributed by atoms with van der Waals surface area (Å²) in [6.07, 6.45) is 7.73. The topological polar surface area (TPSA) is 355 Å². The lowest BCUT2D eigenvalue weighted by molar-refractivity contribution is -0.142. The summed E-state index contributed by atoms with van der Waals surface area (Å²) in [6, 6.07) is 13.5. The van der Waals surface area contributed by atoms with Crippen molar-refractivity contribution in [1.82, 2.24) is 52.1 Å². The monoisotopic (exact) mass is 1030 g/mol. The molecule has 1 aliphatic rings. The quantitative estimate of drug-likeness (QED) is 0.0199. The Morgan fingerprint density at radius 1 is 0.720 bits per heavy atom. The van der Waals surface area contributed by atoms with E-state index in [1.54, 1.807) is 45.4 Å². The number of para-hydroxylation sites is 1. The maximum atomic E-state index is 14.6. The van der Waals surface area contributed by atoms with Crippen LogP contribution in [0.1, 0.15) is 82.4 Å². The smallest absolute Gasteiger partial charge is 0.245 e. The summed E-state index contributed by atoms with van der Waals surface area (Å²) in [7, 11) is 0. The largest absolute Gasteiger partial charge is 0.370 e. The van der Waals surface area contributed by atoms with E-state index in [-0.39, 0.29) is 57.1 Å². The first-order valence-corrected chi connectivity index (χ1v) is 25.6. The molecule has 4 aromatic rings.